The molecule has 1 heterocycles. The van der Waals surface area contributed by atoms with Crippen molar-refractivity contribution in [2.24, 2.45) is 11.7 Å². The molecule has 3 rings (SSSR count). The summed E-state index contributed by atoms with van der Waals surface area (Å²) < 4.78 is 1.48. The van der Waals surface area contributed by atoms with Gasteiger partial charge in [0, 0.05) is 12.6 Å². The van der Waals surface area contributed by atoms with E-state index in [0.29, 0.717) is 23.2 Å². The molecule has 1 aliphatic rings. The van der Waals surface area contributed by atoms with Crippen molar-refractivity contribution >= 4 is 17.5 Å². The molecule has 1 amide bonds. The Morgan fingerprint density at radius 2 is 2.24 bits per heavy atom. The molecule has 21 heavy (non-hydrogen) atoms. The van der Waals surface area contributed by atoms with Crippen molar-refractivity contribution < 1.29 is 4.79 Å². The van der Waals surface area contributed by atoms with Gasteiger partial charge in [-0.2, -0.15) is 0 Å². The van der Waals surface area contributed by atoms with Gasteiger partial charge in [0.05, 0.1) is 16.9 Å². The summed E-state index contributed by atoms with van der Waals surface area (Å²) in [5.74, 6) is 0.272. The van der Waals surface area contributed by atoms with E-state index in [0.717, 1.165) is 12.8 Å². The van der Waals surface area contributed by atoms with Crippen LogP contribution in [-0.2, 0) is 0 Å². The predicted octanol–water partition coefficient (Wildman–Crippen LogP) is 1.39. The summed E-state index contributed by atoms with van der Waals surface area (Å²) in [5.41, 5.74) is 6.88. The van der Waals surface area contributed by atoms with E-state index in [4.69, 9.17) is 17.3 Å². The van der Waals surface area contributed by atoms with Gasteiger partial charge in [-0.25, -0.2) is 4.68 Å². The summed E-state index contributed by atoms with van der Waals surface area (Å²) in [5, 5.41) is 11.1. The van der Waals surface area contributed by atoms with Gasteiger partial charge in [0.25, 0.3) is 5.91 Å². The van der Waals surface area contributed by atoms with E-state index >= 15 is 0 Å². The molecular formula is C14H16ClN5O. The van der Waals surface area contributed by atoms with E-state index in [1.54, 1.807) is 12.3 Å². The van der Waals surface area contributed by atoms with E-state index in [2.05, 4.69) is 15.6 Å². The van der Waals surface area contributed by atoms with Crippen LogP contribution in [0.2, 0.25) is 5.02 Å². The average molecular weight is 306 g/mol. The molecule has 1 unspecified atom stereocenters. The Bertz CT molecular complexity index is 652. The number of nitrogens with one attached hydrogen (secondary N) is 1. The lowest BCUT2D eigenvalue weighted by Crippen LogP contribution is -2.38. The zero-order chi connectivity index (χ0) is 14.8. The minimum atomic E-state index is -0.274. The molecule has 1 saturated carbocycles. The van der Waals surface area contributed by atoms with Gasteiger partial charge in [-0.3, -0.25) is 4.79 Å². The Morgan fingerprint density at radius 3 is 2.95 bits per heavy atom. The van der Waals surface area contributed by atoms with Gasteiger partial charge in [0.15, 0.2) is 5.69 Å². The lowest BCUT2D eigenvalue weighted by atomic mass is 10.2. The van der Waals surface area contributed by atoms with Crippen LogP contribution in [0, 0.1) is 5.92 Å². The smallest absolute Gasteiger partial charge is 0.273 e. The molecule has 1 aromatic heterocycles. The third kappa shape index (κ3) is 3.22. The predicted molar refractivity (Wildman–Crippen MR) is 79.4 cm³/mol. The number of nitrogens with zero attached hydrogens (tertiary/aromatic N) is 3. The molecule has 0 saturated heterocycles. The second kappa shape index (κ2) is 5.83. The van der Waals surface area contributed by atoms with Crippen molar-refractivity contribution in [1.82, 2.24) is 20.3 Å². The molecule has 2 aromatic rings. The van der Waals surface area contributed by atoms with Crippen molar-refractivity contribution in [3.63, 3.8) is 0 Å². The Labute approximate surface area is 127 Å². The Morgan fingerprint density at radius 1 is 1.48 bits per heavy atom. The summed E-state index contributed by atoms with van der Waals surface area (Å²) in [7, 11) is 0. The van der Waals surface area contributed by atoms with Crippen LogP contribution in [0.4, 0.5) is 0 Å². The molecule has 110 valence electrons. The second-order valence-corrected chi connectivity index (χ2v) is 5.62. The molecule has 1 aromatic carbocycles. The molecular weight excluding hydrogens is 290 g/mol. The highest BCUT2D eigenvalue weighted by atomic mass is 35.5. The van der Waals surface area contributed by atoms with Gasteiger partial charge < -0.3 is 11.1 Å². The van der Waals surface area contributed by atoms with Crippen molar-refractivity contribution in [2.75, 3.05) is 6.54 Å². The first kappa shape index (κ1) is 14.0. The number of benzene rings is 1. The number of para-hydroxylation sites is 1. The lowest BCUT2D eigenvalue weighted by Gasteiger charge is -2.10. The minimum absolute atomic E-state index is 0.0209. The second-order valence-electron chi connectivity index (χ2n) is 5.21. The maximum atomic E-state index is 12.0. The maximum Gasteiger partial charge on any atom is 0.273 e. The van der Waals surface area contributed by atoms with Gasteiger partial charge in [-0.1, -0.05) is 28.9 Å². The fourth-order valence-corrected chi connectivity index (χ4v) is 2.34. The van der Waals surface area contributed by atoms with E-state index in [-0.39, 0.29) is 17.6 Å². The fraction of sp³-hybridized carbons (Fsp3) is 0.357. The third-order valence-electron chi connectivity index (χ3n) is 3.55. The molecule has 3 N–H and O–H groups in total. The summed E-state index contributed by atoms with van der Waals surface area (Å²) in [6, 6.07) is 7.26. The number of aromatic nitrogens is 3. The molecule has 1 fully saturated rings. The van der Waals surface area contributed by atoms with E-state index < -0.39 is 0 Å². The SMILES string of the molecule is NC(CNC(=O)c1cn(-c2ccccc2Cl)nn1)C1CC1. The number of hydrogen-bond acceptors (Lipinski definition) is 4. The lowest BCUT2D eigenvalue weighted by molar-refractivity contribution is 0.0945. The van der Waals surface area contributed by atoms with Crippen LogP contribution >= 0.6 is 11.6 Å². The number of hydrogen-bond donors (Lipinski definition) is 2. The monoisotopic (exact) mass is 305 g/mol. The highest BCUT2D eigenvalue weighted by molar-refractivity contribution is 6.32. The number of nitrogens with two attached hydrogens (primary N) is 1. The minimum Gasteiger partial charge on any atom is -0.349 e. The normalized spacial score (nSPS) is 15.7. The third-order valence-corrected chi connectivity index (χ3v) is 3.87. The average Bonchev–Trinajstić information content (AvgIpc) is 3.23. The standard InChI is InChI=1S/C14H16ClN5O/c15-10-3-1-2-4-13(10)20-8-12(18-19-20)14(21)17-7-11(16)9-5-6-9/h1-4,8-9,11H,5-7,16H2,(H,17,21). The van der Waals surface area contributed by atoms with E-state index in [9.17, 15) is 4.79 Å². The van der Waals surface area contributed by atoms with Crippen molar-refractivity contribution in [3.8, 4) is 5.69 Å². The quantitative estimate of drug-likeness (QED) is 0.874. The van der Waals surface area contributed by atoms with Gasteiger partial charge >= 0.3 is 0 Å². The molecule has 1 aliphatic carbocycles. The number of carbonyl (C=O) groups excluding carboxylic acids is 1. The Kier molecular flexibility index (Phi) is 3.90. The number of rotatable bonds is 5. The van der Waals surface area contributed by atoms with Crippen LogP contribution in [0.5, 0.6) is 0 Å². The van der Waals surface area contributed by atoms with Crippen LogP contribution in [0.25, 0.3) is 5.69 Å². The molecule has 0 aliphatic heterocycles. The zero-order valence-corrected chi connectivity index (χ0v) is 12.1. The largest absolute Gasteiger partial charge is 0.349 e. The maximum absolute atomic E-state index is 12.0. The fourth-order valence-electron chi connectivity index (χ4n) is 2.12. The number of halogens is 1. The first-order valence-electron chi connectivity index (χ1n) is 6.86. The van der Waals surface area contributed by atoms with Crippen LogP contribution < -0.4 is 11.1 Å². The van der Waals surface area contributed by atoms with Crippen molar-refractivity contribution in [3.05, 3.63) is 41.2 Å². The molecule has 0 bridgehead atoms. The highest BCUT2D eigenvalue weighted by Gasteiger charge is 2.28. The summed E-state index contributed by atoms with van der Waals surface area (Å²) in [6.45, 7) is 0.461. The van der Waals surface area contributed by atoms with Gasteiger partial charge in [-0.05, 0) is 30.9 Å². The highest BCUT2D eigenvalue weighted by Crippen LogP contribution is 2.31. The van der Waals surface area contributed by atoms with Crippen molar-refractivity contribution in [1.29, 1.82) is 0 Å². The Hall–Kier alpha value is -1.92. The van der Waals surface area contributed by atoms with Crippen LogP contribution in [-0.4, -0.2) is 33.5 Å². The van der Waals surface area contributed by atoms with E-state index in [1.807, 2.05) is 18.2 Å². The summed E-state index contributed by atoms with van der Waals surface area (Å²) in [6.07, 6.45) is 3.86. The first-order valence-corrected chi connectivity index (χ1v) is 7.24. The van der Waals surface area contributed by atoms with Gasteiger partial charge in [0.1, 0.15) is 0 Å². The zero-order valence-electron chi connectivity index (χ0n) is 11.4. The van der Waals surface area contributed by atoms with Gasteiger partial charge in [-0.15, -0.1) is 5.10 Å². The molecule has 0 spiro atoms. The van der Waals surface area contributed by atoms with Crippen LogP contribution in [0.3, 0.4) is 0 Å². The topological polar surface area (TPSA) is 85.8 Å². The molecule has 0 radical (unpaired) electrons. The van der Waals surface area contributed by atoms with Crippen LogP contribution in [0.15, 0.2) is 30.5 Å². The summed E-state index contributed by atoms with van der Waals surface area (Å²) in [4.78, 5) is 12.0. The van der Waals surface area contributed by atoms with Gasteiger partial charge in [0.2, 0.25) is 0 Å². The molecule has 1 atom stereocenters. The first-order chi connectivity index (χ1) is 10.1. The Balaban J connectivity index is 1.66. The van der Waals surface area contributed by atoms with Crippen LogP contribution in [0.1, 0.15) is 23.3 Å². The summed E-state index contributed by atoms with van der Waals surface area (Å²) >= 11 is 6.09. The molecule has 6 nitrogen and oxygen atoms in total. The van der Waals surface area contributed by atoms with Crippen molar-refractivity contribution in [2.45, 2.75) is 18.9 Å². The number of carbonyl (C=O) groups is 1. The molecule has 7 heteroatoms. The number of amides is 1. The van der Waals surface area contributed by atoms with E-state index in [1.165, 1.54) is 4.68 Å².